The van der Waals surface area contributed by atoms with Gasteiger partial charge in [0.1, 0.15) is 0 Å². The van der Waals surface area contributed by atoms with E-state index in [2.05, 4.69) is 13.5 Å². The molecule has 0 aliphatic heterocycles. The number of hydrogen-bond donors (Lipinski definition) is 0. The fourth-order valence-corrected chi connectivity index (χ4v) is 1.09. The second-order valence-corrected chi connectivity index (χ2v) is 3.35. The lowest BCUT2D eigenvalue weighted by molar-refractivity contribution is -0.127. The van der Waals surface area contributed by atoms with E-state index in [4.69, 9.17) is 0 Å². The van der Waals surface area contributed by atoms with E-state index in [1.54, 1.807) is 11.8 Å². The Bertz CT molecular complexity index is 175. The smallest absolute Gasteiger partial charge is 0.219 e. The fraction of sp³-hybridized carbons (Fsp3) is 0.700. The zero-order valence-corrected chi connectivity index (χ0v) is 8.55. The molecule has 0 rings (SSSR count). The first-order chi connectivity index (χ1) is 5.49. The van der Waals surface area contributed by atoms with Gasteiger partial charge in [-0.05, 0) is 19.3 Å². The summed E-state index contributed by atoms with van der Waals surface area (Å²) in [7, 11) is 1.83. The summed E-state index contributed by atoms with van der Waals surface area (Å²) in [6.45, 7) is 10.4. The minimum absolute atomic E-state index is 0.120. The third-order valence-corrected chi connectivity index (χ3v) is 2.22. The average molecular weight is 169 g/mol. The van der Waals surface area contributed by atoms with Gasteiger partial charge in [0.25, 0.3) is 0 Å². The summed E-state index contributed by atoms with van der Waals surface area (Å²) in [5.74, 6) is 0.564. The normalized spacial score (nSPS) is 12.3. The Morgan fingerprint density at radius 1 is 1.50 bits per heavy atom. The number of carbonyl (C=O) groups is 1. The van der Waals surface area contributed by atoms with Crippen LogP contribution in [-0.2, 0) is 4.79 Å². The Morgan fingerprint density at radius 3 is 2.25 bits per heavy atom. The number of amides is 1. The van der Waals surface area contributed by atoms with Crippen LogP contribution in [-0.4, -0.2) is 24.4 Å². The number of hydrogen-bond acceptors (Lipinski definition) is 1. The van der Waals surface area contributed by atoms with Crippen molar-refractivity contribution in [3.63, 3.8) is 0 Å². The standard InChI is InChI=1S/C10H19NO/c1-6-10(8(2)3)7-11(5)9(4)12/h10H,2,6-7H2,1,3-5H3. The highest BCUT2D eigenvalue weighted by Crippen LogP contribution is 2.13. The lowest BCUT2D eigenvalue weighted by atomic mass is 9.99. The summed E-state index contributed by atoms with van der Waals surface area (Å²) in [5, 5.41) is 0. The van der Waals surface area contributed by atoms with Gasteiger partial charge in [-0.1, -0.05) is 19.1 Å². The minimum atomic E-state index is 0.120. The largest absolute Gasteiger partial charge is 0.345 e. The molecule has 70 valence electrons. The summed E-state index contributed by atoms with van der Waals surface area (Å²) < 4.78 is 0. The minimum Gasteiger partial charge on any atom is -0.345 e. The summed E-state index contributed by atoms with van der Waals surface area (Å²) in [6, 6.07) is 0. The maximum atomic E-state index is 10.9. The van der Waals surface area contributed by atoms with Crippen LogP contribution < -0.4 is 0 Å². The van der Waals surface area contributed by atoms with Gasteiger partial charge in [-0.15, -0.1) is 0 Å². The van der Waals surface area contributed by atoms with Crippen LogP contribution >= 0.6 is 0 Å². The number of rotatable bonds is 4. The average Bonchev–Trinajstić information content (AvgIpc) is 1.98. The van der Waals surface area contributed by atoms with E-state index in [-0.39, 0.29) is 5.91 Å². The molecule has 1 unspecified atom stereocenters. The molecule has 0 saturated carbocycles. The Balaban J connectivity index is 4.02. The highest BCUT2D eigenvalue weighted by Gasteiger charge is 2.11. The molecule has 2 nitrogen and oxygen atoms in total. The van der Waals surface area contributed by atoms with Crippen LogP contribution in [0.3, 0.4) is 0 Å². The van der Waals surface area contributed by atoms with Gasteiger partial charge in [0.2, 0.25) is 5.91 Å². The fourth-order valence-electron chi connectivity index (χ4n) is 1.09. The molecule has 0 aromatic carbocycles. The Hall–Kier alpha value is -0.790. The van der Waals surface area contributed by atoms with Crippen molar-refractivity contribution in [2.75, 3.05) is 13.6 Å². The van der Waals surface area contributed by atoms with E-state index in [0.29, 0.717) is 5.92 Å². The topological polar surface area (TPSA) is 20.3 Å². The van der Waals surface area contributed by atoms with Crippen molar-refractivity contribution in [1.29, 1.82) is 0 Å². The second kappa shape index (κ2) is 4.96. The Labute approximate surface area is 75.3 Å². The third-order valence-electron chi connectivity index (χ3n) is 2.22. The van der Waals surface area contributed by atoms with Crippen molar-refractivity contribution < 1.29 is 4.79 Å². The molecule has 0 N–H and O–H groups in total. The van der Waals surface area contributed by atoms with Crippen molar-refractivity contribution in [1.82, 2.24) is 4.90 Å². The monoisotopic (exact) mass is 169 g/mol. The van der Waals surface area contributed by atoms with Crippen molar-refractivity contribution >= 4 is 5.91 Å². The number of nitrogens with zero attached hydrogens (tertiary/aromatic N) is 1. The molecule has 0 aromatic heterocycles. The molecule has 0 aromatic rings. The molecular formula is C10H19NO. The lowest BCUT2D eigenvalue weighted by Crippen LogP contribution is -2.29. The van der Waals surface area contributed by atoms with E-state index in [9.17, 15) is 4.79 Å². The van der Waals surface area contributed by atoms with Gasteiger partial charge in [-0.25, -0.2) is 0 Å². The van der Waals surface area contributed by atoms with Gasteiger partial charge in [0, 0.05) is 20.5 Å². The van der Waals surface area contributed by atoms with Gasteiger partial charge in [0.15, 0.2) is 0 Å². The van der Waals surface area contributed by atoms with Crippen LogP contribution in [0.4, 0.5) is 0 Å². The molecule has 0 aliphatic rings. The van der Waals surface area contributed by atoms with E-state index in [1.165, 1.54) is 0 Å². The Morgan fingerprint density at radius 2 is 2.00 bits per heavy atom. The molecule has 0 saturated heterocycles. The summed E-state index contributed by atoms with van der Waals surface area (Å²) in [6.07, 6.45) is 1.05. The zero-order valence-electron chi connectivity index (χ0n) is 8.55. The molecule has 0 fully saturated rings. The summed E-state index contributed by atoms with van der Waals surface area (Å²) in [4.78, 5) is 12.7. The van der Waals surface area contributed by atoms with E-state index in [1.807, 2.05) is 14.0 Å². The molecule has 0 aliphatic carbocycles. The maximum Gasteiger partial charge on any atom is 0.219 e. The van der Waals surface area contributed by atoms with Crippen molar-refractivity contribution in [2.45, 2.75) is 27.2 Å². The number of carbonyl (C=O) groups excluding carboxylic acids is 1. The van der Waals surface area contributed by atoms with Crippen LogP contribution in [0, 0.1) is 5.92 Å². The predicted octanol–water partition coefficient (Wildman–Crippen LogP) is 2.07. The van der Waals surface area contributed by atoms with Crippen LogP contribution in [0.15, 0.2) is 12.2 Å². The van der Waals surface area contributed by atoms with Crippen LogP contribution in [0.2, 0.25) is 0 Å². The molecule has 0 heterocycles. The van der Waals surface area contributed by atoms with Gasteiger partial charge >= 0.3 is 0 Å². The molecular weight excluding hydrogens is 150 g/mol. The lowest BCUT2D eigenvalue weighted by Gasteiger charge is -2.22. The SMILES string of the molecule is C=C(C)C(CC)CN(C)C(C)=O. The molecule has 1 atom stereocenters. The van der Waals surface area contributed by atoms with E-state index >= 15 is 0 Å². The van der Waals surface area contributed by atoms with Crippen LogP contribution in [0.5, 0.6) is 0 Å². The molecule has 0 bridgehead atoms. The molecule has 2 heteroatoms. The summed E-state index contributed by atoms with van der Waals surface area (Å²) >= 11 is 0. The second-order valence-electron chi connectivity index (χ2n) is 3.35. The third kappa shape index (κ3) is 3.56. The van der Waals surface area contributed by atoms with Gasteiger partial charge < -0.3 is 4.90 Å². The van der Waals surface area contributed by atoms with Crippen LogP contribution in [0.1, 0.15) is 27.2 Å². The summed E-state index contributed by atoms with van der Waals surface area (Å²) in [5.41, 5.74) is 1.16. The van der Waals surface area contributed by atoms with E-state index in [0.717, 1.165) is 18.5 Å². The van der Waals surface area contributed by atoms with E-state index < -0.39 is 0 Å². The first kappa shape index (κ1) is 11.2. The van der Waals surface area contributed by atoms with Gasteiger partial charge in [-0.3, -0.25) is 4.79 Å². The van der Waals surface area contributed by atoms with Crippen molar-refractivity contribution in [2.24, 2.45) is 5.92 Å². The van der Waals surface area contributed by atoms with Crippen molar-refractivity contribution in [3.05, 3.63) is 12.2 Å². The maximum absolute atomic E-state index is 10.9. The highest BCUT2D eigenvalue weighted by molar-refractivity contribution is 5.72. The first-order valence-corrected chi connectivity index (χ1v) is 4.36. The van der Waals surface area contributed by atoms with Crippen LogP contribution in [0.25, 0.3) is 0 Å². The molecule has 12 heavy (non-hydrogen) atoms. The zero-order chi connectivity index (χ0) is 9.72. The molecule has 1 amide bonds. The molecule has 0 radical (unpaired) electrons. The first-order valence-electron chi connectivity index (χ1n) is 4.36. The highest BCUT2D eigenvalue weighted by atomic mass is 16.2. The molecule has 0 spiro atoms. The van der Waals surface area contributed by atoms with Gasteiger partial charge in [0.05, 0.1) is 0 Å². The quantitative estimate of drug-likeness (QED) is 0.590. The predicted molar refractivity (Wildman–Crippen MR) is 51.9 cm³/mol. The van der Waals surface area contributed by atoms with Gasteiger partial charge in [-0.2, -0.15) is 0 Å². The van der Waals surface area contributed by atoms with Crippen molar-refractivity contribution in [3.8, 4) is 0 Å². The Kier molecular flexibility index (Phi) is 4.64.